The number of nitrogens with two attached hydrogens (primary N) is 1. The second-order valence-corrected chi connectivity index (χ2v) is 15.9. The minimum Gasteiger partial charge on any atom is -0.379 e. The molecule has 5 N–H and O–H groups in total. The third-order valence-corrected chi connectivity index (χ3v) is 9.46. The number of nitrogens with zero attached hydrogens (tertiary/aromatic N) is 6. The molecule has 0 heterocycles. The highest BCUT2D eigenvalue weighted by Crippen LogP contribution is 1.97. The summed E-state index contributed by atoms with van der Waals surface area (Å²) in [5, 5.41) is 15.2. The number of hydrogen-bond acceptors (Lipinski definition) is 24. The van der Waals surface area contributed by atoms with E-state index in [0.29, 0.717) is 238 Å². The summed E-state index contributed by atoms with van der Waals surface area (Å²) in [5.74, 6) is -0.731. The van der Waals surface area contributed by atoms with Crippen LogP contribution in [0.5, 0.6) is 0 Å². The van der Waals surface area contributed by atoms with Crippen molar-refractivity contribution in [2.75, 3.05) is 271 Å². The number of rotatable bonds is 67. The van der Waals surface area contributed by atoms with Crippen LogP contribution in [-0.4, -0.2) is 294 Å². The van der Waals surface area contributed by atoms with Crippen LogP contribution in [-0.2, 0) is 99.6 Å². The van der Waals surface area contributed by atoms with Crippen LogP contribution in [0.2, 0.25) is 0 Å². The third-order valence-electron chi connectivity index (χ3n) is 9.46. The van der Waals surface area contributed by atoms with E-state index in [1.165, 1.54) is 0 Å². The molecule has 0 fully saturated rings. The molecule has 0 radical (unpaired) electrons. The zero-order valence-corrected chi connectivity index (χ0v) is 46.5. The lowest BCUT2D eigenvalue weighted by Crippen LogP contribution is -2.42. The molecule has 0 unspecified atom stereocenters. The molecule has 0 aromatic carbocycles. The van der Waals surface area contributed by atoms with E-state index in [1.54, 1.807) is 0 Å². The Morgan fingerprint density at radius 3 is 0.861 bits per heavy atom. The van der Waals surface area contributed by atoms with Crippen LogP contribution in [0.3, 0.4) is 0 Å². The van der Waals surface area contributed by atoms with Gasteiger partial charge in [-0.3, -0.25) is 14.4 Å². The van der Waals surface area contributed by atoms with E-state index in [2.05, 4.69) is 36.0 Å². The predicted molar refractivity (Wildman–Crippen MR) is 284 cm³/mol. The third kappa shape index (κ3) is 65.0. The molecule has 0 aliphatic heterocycles. The highest BCUT2D eigenvalue weighted by atomic mass is 16.6. The van der Waals surface area contributed by atoms with Crippen LogP contribution in [0.1, 0.15) is 19.3 Å². The van der Waals surface area contributed by atoms with Gasteiger partial charge in [0.15, 0.2) is 0 Å². The van der Waals surface area contributed by atoms with Gasteiger partial charge >= 0.3 is 0 Å². The second kappa shape index (κ2) is 66.8. The molecule has 0 aliphatic rings. The average Bonchev–Trinajstić information content (AvgIpc) is 3.44. The number of azide groups is 2. The highest BCUT2D eigenvalue weighted by molar-refractivity contribution is 5.77. The Morgan fingerprint density at radius 2 is 0.570 bits per heavy atom. The monoisotopic (exact) mass is 1150 g/mol. The van der Waals surface area contributed by atoms with Crippen molar-refractivity contribution in [3.63, 3.8) is 0 Å². The number of amides is 3. The van der Waals surface area contributed by atoms with Crippen LogP contribution in [0.25, 0.3) is 20.9 Å². The summed E-state index contributed by atoms with van der Waals surface area (Å²) in [6, 6.07) is -0.557. The Morgan fingerprint density at radius 1 is 0.329 bits per heavy atom. The summed E-state index contributed by atoms with van der Waals surface area (Å²) >= 11 is 0. The van der Waals surface area contributed by atoms with Gasteiger partial charge in [-0.05, 0) is 11.1 Å². The summed E-state index contributed by atoms with van der Waals surface area (Å²) in [7, 11) is 0. The lowest BCUT2D eigenvalue weighted by molar-refractivity contribution is -0.126. The van der Waals surface area contributed by atoms with Gasteiger partial charge in [-0.15, -0.1) is 0 Å². The van der Waals surface area contributed by atoms with E-state index >= 15 is 0 Å². The first kappa shape index (κ1) is 75.3. The van der Waals surface area contributed by atoms with Gasteiger partial charge in [-0.2, -0.15) is 0 Å². The van der Waals surface area contributed by atoms with E-state index in [9.17, 15) is 14.4 Å². The fourth-order valence-electron chi connectivity index (χ4n) is 5.63. The van der Waals surface area contributed by atoms with Gasteiger partial charge in [0.1, 0.15) is 0 Å². The molecule has 0 aromatic rings. The van der Waals surface area contributed by atoms with E-state index in [4.69, 9.17) is 102 Å². The van der Waals surface area contributed by atoms with Crippen LogP contribution in [0.15, 0.2) is 10.2 Å². The van der Waals surface area contributed by atoms with Crippen LogP contribution in [0.4, 0.5) is 0 Å². The van der Waals surface area contributed by atoms with E-state index < -0.39 is 6.04 Å². The number of carbonyl (C=O) groups excluding carboxylic acids is 3. The van der Waals surface area contributed by atoms with Crippen molar-refractivity contribution in [2.24, 2.45) is 16.0 Å². The summed E-state index contributed by atoms with van der Waals surface area (Å²) in [4.78, 5) is 42.9. The van der Waals surface area contributed by atoms with Crippen molar-refractivity contribution in [1.82, 2.24) is 16.0 Å². The number of hydrogen-bond donors (Lipinski definition) is 4. The van der Waals surface area contributed by atoms with Gasteiger partial charge in [0, 0.05) is 61.8 Å². The SMILES string of the molecule is [N-]=[N+]=NCCOCCOCCOCCOCCOCCNC(=O)CCOCC(COCCC(=O)NCCOCCOCCOCCOCCOCCN=[N+]=[N-])NC(=O)CCOCCOCCOCCOCCOCCOCCN. The average molecular weight is 1150 g/mol. The molecule has 0 saturated heterocycles. The smallest absolute Gasteiger partial charge is 0.222 e. The number of carbonyl (C=O) groups is 3. The Hall–Kier alpha value is -3.73. The molecule has 0 saturated carbocycles. The predicted octanol–water partition coefficient (Wildman–Crippen LogP) is -0.248. The quantitative estimate of drug-likeness (QED) is 0.0264. The lowest BCUT2D eigenvalue weighted by Gasteiger charge is -2.19. The topological polar surface area (TPSA) is 377 Å². The van der Waals surface area contributed by atoms with Gasteiger partial charge < -0.3 is 107 Å². The second-order valence-electron chi connectivity index (χ2n) is 15.9. The molecule has 31 heteroatoms. The van der Waals surface area contributed by atoms with Crippen LogP contribution in [0, 0.1) is 0 Å². The van der Waals surface area contributed by atoms with Crippen molar-refractivity contribution < 1.29 is 99.6 Å². The zero-order valence-electron chi connectivity index (χ0n) is 46.5. The largest absolute Gasteiger partial charge is 0.379 e. The fourth-order valence-corrected chi connectivity index (χ4v) is 5.63. The molecule has 0 bridgehead atoms. The minimum absolute atomic E-state index is 0.0665. The maximum absolute atomic E-state index is 12.8. The highest BCUT2D eigenvalue weighted by Gasteiger charge is 2.15. The van der Waals surface area contributed by atoms with Gasteiger partial charge in [-0.1, -0.05) is 10.2 Å². The van der Waals surface area contributed by atoms with E-state index in [1.807, 2.05) is 0 Å². The van der Waals surface area contributed by atoms with Gasteiger partial charge in [-0.25, -0.2) is 0 Å². The molecule has 31 nitrogen and oxygen atoms in total. The number of ether oxygens (including phenoxy) is 18. The van der Waals surface area contributed by atoms with Crippen LogP contribution >= 0.6 is 0 Å². The Balaban J connectivity index is 4.26. The molecule has 0 rings (SSSR count). The molecular weight excluding hydrogens is 1050 g/mol. The van der Waals surface area contributed by atoms with Gasteiger partial charge in [0.25, 0.3) is 0 Å². The summed E-state index contributed by atoms with van der Waals surface area (Å²) in [6.45, 7) is 14.7. The summed E-state index contributed by atoms with van der Waals surface area (Å²) in [6.07, 6.45) is 0.262. The first-order chi connectivity index (χ1) is 39.0. The molecule has 0 atom stereocenters. The van der Waals surface area contributed by atoms with Crippen molar-refractivity contribution in [3.8, 4) is 0 Å². The standard InChI is InChI=1S/C48H94N10O21/c49-4-12-63-18-24-69-30-36-75-42-41-74-35-29-68-23-17-62-9-3-48(61)56-45(43-78-10-1-46(59)52-5-13-64-19-25-70-31-37-76-39-33-72-27-21-66-15-7-54-57-50)44-79-11-2-47(60)53-6-14-65-20-26-71-32-38-77-40-34-73-28-22-67-16-8-55-58-51/h45H,1-44,49H2,(H,52,59)(H,53,60)(H,56,61). The van der Waals surface area contributed by atoms with E-state index in [-0.39, 0.29) is 70.0 Å². The van der Waals surface area contributed by atoms with Crippen molar-refractivity contribution >= 4 is 17.7 Å². The Labute approximate surface area is 465 Å². The summed E-state index contributed by atoms with van der Waals surface area (Å²) in [5.41, 5.74) is 21.8. The first-order valence-corrected chi connectivity index (χ1v) is 27.0. The fraction of sp³-hybridized carbons (Fsp3) is 0.938. The molecule has 0 aliphatic carbocycles. The van der Waals surface area contributed by atoms with Crippen molar-refractivity contribution in [3.05, 3.63) is 20.9 Å². The van der Waals surface area contributed by atoms with E-state index in [0.717, 1.165) is 0 Å². The maximum atomic E-state index is 12.8. The molecule has 3 amide bonds. The van der Waals surface area contributed by atoms with Gasteiger partial charge in [0.2, 0.25) is 17.7 Å². The lowest BCUT2D eigenvalue weighted by atomic mass is 10.3. The first-order valence-electron chi connectivity index (χ1n) is 27.0. The van der Waals surface area contributed by atoms with Crippen molar-refractivity contribution in [1.29, 1.82) is 0 Å². The molecule has 79 heavy (non-hydrogen) atoms. The van der Waals surface area contributed by atoms with Crippen molar-refractivity contribution in [2.45, 2.75) is 25.3 Å². The summed E-state index contributed by atoms with van der Waals surface area (Å²) < 4.78 is 98.3. The Kier molecular flexibility index (Phi) is 63.6. The molecule has 0 aromatic heterocycles. The van der Waals surface area contributed by atoms with Gasteiger partial charge in [0.05, 0.1) is 244 Å². The number of nitrogens with one attached hydrogen (secondary N) is 3. The minimum atomic E-state index is -0.557. The molecule has 462 valence electrons. The van der Waals surface area contributed by atoms with Crippen LogP contribution < -0.4 is 21.7 Å². The maximum Gasteiger partial charge on any atom is 0.222 e. The zero-order chi connectivity index (χ0) is 57.1. The Bertz CT molecular complexity index is 1360. The molecular formula is C48H94N10O21. The molecule has 0 spiro atoms. The normalized spacial score (nSPS) is 11.6.